The zero-order valence-electron chi connectivity index (χ0n) is 11.8. The summed E-state index contributed by atoms with van der Waals surface area (Å²) in [5.74, 6) is -0.737. The highest BCUT2D eigenvalue weighted by Gasteiger charge is 2.31. The first-order chi connectivity index (χ1) is 9.85. The summed E-state index contributed by atoms with van der Waals surface area (Å²) in [6.07, 6.45) is 0.634. The standard InChI is InChI=1S/C11H21N7O3/c1-18(8(19)4-6(13)2-3-12)7-5-15-11(16-9(7)20)17-10(14)21/h6-7H,2-5,12-13H2,1H3,(H4,14,15,16,17,20,21)/t6-,7?/m0/s1. The van der Waals surface area contributed by atoms with Crippen molar-refractivity contribution in [2.75, 3.05) is 20.1 Å². The van der Waals surface area contributed by atoms with Gasteiger partial charge in [-0.05, 0) is 13.0 Å². The first-order valence-electron chi connectivity index (χ1n) is 6.48. The van der Waals surface area contributed by atoms with Crippen molar-refractivity contribution >= 4 is 23.8 Å². The molecule has 2 atom stereocenters. The molecule has 8 N–H and O–H groups in total. The second-order valence-corrected chi connectivity index (χ2v) is 4.73. The van der Waals surface area contributed by atoms with Crippen LogP contribution in [-0.2, 0) is 9.59 Å². The molecule has 4 amide bonds. The number of nitrogens with one attached hydrogen (secondary N) is 2. The molecule has 1 aliphatic rings. The Bertz CT molecular complexity index is 451. The van der Waals surface area contributed by atoms with E-state index in [2.05, 4.69) is 15.6 Å². The Morgan fingerprint density at radius 2 is 2.24 bits per heavy atom. The molecule has 0 aliphatic carbocycles. The first-order valence-corrected chi connectivity index (χ1v) is 6.48. The Labute approximate surface area is 122 Å². The maximum atomic E-state index is 12.0. The highest BCUT2D eigenvalue weighted by atomic mass is 16.2. The summed E-state index contributed by atoms with van der Waals surface area (Å²) in [5, 5.41) is 4.54. The fraction of sp³-hybridized carbons (Fsp3) is 0.636. The number of hydrogen-bond donors (Lipinski definition) is 5. The Morgan fingerprint density at radius 3 is 2.76 bits per heavy atom. The monoisotopic (exact) mass is 299 g/mol. The fourth-order valence-electron chi connectivity index (χ4n) is 1.84. The lowest BCUT2D eigenvalue weighted by molar-refractivity contribution is -0.138. The predicted molar refractivity (Wildman–Crippen MR) is 76.0 cm³/mol. The van der Waals surface area contributed by atoms with Crippen molar-refractivity contribution < 1.29 is 14.4 Å². The van der Waals surface area contributed by atoms with Crippen LogP contribution >= 0.6 is 0 Å². The van der Waals surface area contributed by atoms with Crippen molar-refractivity contribution in [1.29, 1.82) is 0 Å². The van der Waals surface area contributed by atoms with Gasteiger partial charge in [-0.25, -0.2) is 9.79 Å². The van der Waals surface area contributed by atoms with E-state index in [0.717, 1.165) is 0 Å². The minimum atomic E-state index is -0.829. The van der Waals surface area contributed by atoms with Gasteiger partial charge >= 0.3 is 6.03 Å². The lowest BCUT2D eigenvalue weighted by Crippen LogP contribution is -2.58. The van der Waals surface area contributed by atoms with E-state index in [1.54, 1.807) is 0 Å². The van der Waals surface area contributed by atoms with Crippen LogP contribution in [0.4, 0.5) is 4.79 Å². The molecule has 10 nitrogen and oxygen atoms in total. The summed E-state index contributed by atoms with van der Waals surface area (Å²) in [4.78, 5) is 39.8. The number of hydrogen-bond acceptors (Lipinski definition) is 6. The van der Waals surface area contributed by atoms with Crippen molar-refractivity contribution in [3.63, 3.8) is 0 Å². The van der Waals surface area contributed by atoms with Gasteiger partial charge in [0, 0.05) is 19.5 Å². The normalized spacial score (nSPS) is 19.3. The lowest BCUT2D eigenvalue weighted by atomic mass is 10.1. The molecule has 1 heterocycles. The van der Waals surface area contributed by atoms with Gasteiger partial charge in [-0.15, -0.1) is 0 Å². The summed E-state index contributed by atoms with van der Waals surface area (Å²) >= 11 is 0. The molecule has 0 radical (unpaired) electrons. The van der Waals surface area contributed by atoms with Crippen LogP contribution in [0.1, 0.15) is 12.8 Å². The zero-order chi connectivity index (χ0) is 16.0. The van der Waals surface area contributed by atoms with Gasteiger partial charge in [0.2, 0.25) is 11.9 Å². The molecule has 0 spiro atoms. The molecule has 0 aromatic carbocycles. The largest absolute Gasteiger partial charge is 0.351 e. The quantitative estimate of drug-likeness (QED) is 0.364. The molecule has 0 saturated heterocycles. The predicted octanol–water partition coefficient (Wildman–Crippen LogP) is -2.97. The van der Waals surface area contributed by atoms with Crippen LogP contribution in [0.25, 0.3) is 0 Å². The van der Waals surface area contributed by atoms with E-state index in [1.807, 2.05) is 0 Å². The Balaban J connectivity index is 2.61. The van der Waals surface area contributed by atoms with E-state index in [4.69, 9.17) is 17.2 Å². The van der Waals surface area contributed by atoms with Gasteiger partial charge in [-0.3, -0.25) is 20.2 Å². The van der Waals surface area contributed by atoms with E-state index in [0.29, 0.717) is 13.0 Å². The minimum absolute atomic E-state index is 0.0237. The maximum absolute atomic E-state index is 12.0. The highest BCUT2D eigenvalue weighted by Crippen LogP contribution is 2.06. The maximum Gasteiger partial charge on any atom is 0.318 e. The number of amides is 4. The number of aliphatic imine (C=N–C) groups is 1. The summed E-state index contributed by atoms with van der Waals surface area (Å²) in [6, 6.07) is -1.92. The Morgan fingerprint density at radius 1 is 1.57 bits per heavy atom. The van der Waals surface area contributed by atoms with Crippen molar-refractivity contribution in [3.05, 3.63) is 0 Å². The zero-order valence-corrected chi connectivity index (χ0v) is 11.8. The fourth-order valence-corrected chi connectivity index (χ4v) is 1.84. The van der Waals surface area contributed by atoms with E-state index in [9.17, 15) is 14.4 Å². The van der Waals surface area contributed by atoms with Crippen molar-refractivity contribution in [2.45, 2.75) is 24.9 Å². The van der Waals surface area contributed by atoms with E-state index < -0.39 is 18.0 Å². The smallest absolute Gasteiger partial charge is 0.318 e. The third-order valence-corrected chi connectivity index (χ3v) is 3.04. The molecule has 0 aromatic rings. The van der Waals surface area contributed by atoms with Crippen LogP contribution in [0.2, 0.25) is 0 Å². The van der Waals surface area contributed by atoms with E-state index >= 15 is 0 Å². The average molecular weight is 299 g/mol. The molecule has 118 valence electrons. The summed E-state index contributed by atoms with van der Waals surface area (Å²) in [7, 11) is 1.50. The molecule has 10 heteroatoms. The van der Waals surface area contributed by atoms with Crippen LogP contribution < -0.4 is 27.8 Å². The lowest BCUT2D eigenvalue weighted by Gasteiger charge is -2.29. The van der Waals surface area contributed by atoms with Crippen molar-refractivity contribution in [2.24, 2.45) is 22.2 Å². The minimum Gasteiger partial charge on any atom is -0.351 e. The van der Waals surface area contributed by atoms with Gasteiger partial charge in [0.15, 0.2) is 0 Å². The topological polar surface area (TPSA) is 169 Å². The van der Waals surface area contributed by atoms with Gasteiger partial charge < -0.3 is 22.1 Å². The average Bonchev–Trinajstić information content (AvgIpc) is 2.37. The van der Waals surface area contributed by atoms with Gasteiger partial charge in [0.05, 0.1) is 6.54 Å². The highest BCUT2D eigenvalue weighted by molar-refractivity contribution is 6.07. The van der Waals surface area contributed by atoms with E-state index in [1.165, 1.54) is 11.9 Å². The second kappa shape index (κ2) is 7.55. The molecule has 0 saturated carbocycles. The molecule has 1 rings (SSSR count). The molecule has 0 fully saturated rings. The van der Waals surface area contributed by atoms with Gasteiger partial charge in [-0.1, -0.05) is 0 Å². The summed E-state index contributed by atoms with van der Waals surface area (Å²) in [6.45, 7) is 0.435. The number of rotatable bonds is 5. The number of nitrogens with zero attached hydrogens (tertiary/aromatic N) is 2. The van der Waals surface area contributed by atoms with Crippen LogP contribution in [0, 0.1) is 0 Å². The number of primary amides is 1. The molecular formula is C11H21N7O3. The van der Waals surface area contributed by atoms with Crippen molar-refractivity contribution in [3.8, 4) is 0 Å². The third kappa shape index (κ3) is 5.00. The molecule has 1 aliphatic heterocycles. The number of carbonyl (C=O) groups excluding carboxylic acids is 3. The summed E-state index contributed by atoms with van der Waals surface area (Å²) in [5.41, 5.74) is 16.0. The number of guanidine groups is 1. The number of likely N-dealkylation sites (N-methyl/N-ethyl adjacent to an activating group) is 1. The number of carbonyl (C=O) groups is 3. The third-order valence-electron chi connectivity index (χ3n) is 3.04. The molecule has 21 heavy (non-hydrogen) atoms. The second-order valence-electron chi connectivity index (χ2n) is 4.73. The van der Waals surface area contributed by atoms with Crippen LogP contribution in [0.15, 0.2) is 4.99 Å². The number of nitrogens with two attached hydrogens (primary N) is 3. The van der Waals surface area contributed by atoms with Gasteiger partial charge in [-0.2, -0.15) is 0 Å². The SMILES string of the molecule is CN(C(=O)C[C@@H](N)CCN)C1CN=C(NC(N)=O)NC1=O. The molecule has 1 unspecified atom stereocenters. The van der Waals surface area contributed by atoms with Crippen molar-refractivity contribution in [1.82, 2.24) is 15.5 Å². The Kier molecular flexibility index (Phi) is 6.06. The van der Waals surface area contributed by atoms with Gasteiger partial charge in [0.1, 0.15) is 6.04 Å². The molecule has 0 bridgehead atoms. The molecular weight excluding hydrogens is 278 g/mol. The Hall–Kier alpha value is -2.20. The van der Waals surface area contributed by atoms with Crippen LogP contribution in [-0.4, -0.2) is 60.9 Å². The van der Waals surface area contributed by atoms with Gasteiger partial charge in [0.25, 0.3) is 5.91 Å². The first kappa shape index (κ1) is 16.9. The summed E-state index contributed by atoms with van der Waals surface area (Å²) < 4.78 is 0. The molecule has 0 aromatic heterocycles. The van der Waals surface area contributed by atoms with Crippen LogP contribution in [0.5, 0.6) is 0 Å². The number of urea groups is 1. The van der Waals surface area contributed by atoms with Crippen LogP contribution in [0.3, 0.4) is 0 Å². The van der Waals surface area contributed by atoms with E-state index in [-0.39, 0.29) is 30.9 Å².